The van der Waals surface area contributed by atoms with Crippen molar-refractivity contribution in [3.63, 3.8) is 0 Å². The Morgan fingerprint density at radius 1 is 0.947 bits per heavy atom. The van der Waals surface area contributed by atoms with Crippen LogP contribution in [0.15, 0.2) is 42.5 Å². The fourth-order valence-electron chi connectivity index (χ4n) is 2.64. The average molecular weight is 253 g/mol. The predicted octanol–water partition coefficient (Wildman–Crippen LogP) is 2.73. The molecule has 0 amide bonds. The van der Waals surface area contributed by atoms with Crippen molar-refractivity contribution in [1.29, 1.82) is 0 Å². The number of nitrogens with zero attached hydrogens (tertiary/aromatic N) is 2. The Kier molecular flexibility index (Phi) is 3.36. The highest BCUT2D eigenvalue weighted by molar-refractivity contribution is 5.48. The fourth-order valence-corrected chi connectivity index (χ4v) is 2.64. The number of hydrogen-bond donors (Lipinski definition) is 1. The Morgan fingerprint density at radius 2 is 1.63 bits per heavy atom. The molecule has 1 aliphatic heterocycles. The Balaban J connectivity index is 1.81. The smallest absolute Gasteiger partial charge is 0.130 e. The fraction of sp³-hybridized carbons (Fsp3) is 0.312. The van der Waals surface area contributed by atoms with Gasteiger partial charge in [0.2, 0.25) is 0 Å². The number of nitrogens with one attached hydrogen (secondary N) is 1. The normalized spacial score (nSPS) is 14.7. The van der Waals surface area contributed by atoms with E-state index >= 15 is 0 Å². The molecule has 19 heavy (non-hydrogen) atoms. The summed E-state index contributed by atoms with van der Waals surface area (Å²) in [4.78, 5) is 7.01. The quantitative estimate of drug-likeness (QED) is 0.892. The molecule has 0 fully saturated rings. The SMILES string of the molecule is CNc1cccc(N2CCc3ccccc3CC2)n1. The van der Waals surface area contributed by atoms with Gasteiger partial charge in [0.1, 0.15) is 11.6 Å². The Morgan fingerprint density at radius 3 is 2.26 bits per heavy atom. The van der Waals surface area contributed by atoms with E-state index in [1.165, 1.54) is 11.1 Å². The zero-order valence-electron chi connectivity index (χ0n) is 11.3. The second kappa shape index (κ2) is 5.31. The molecule has 0 aliphatic carbocycles. The molecule has 98 valence electrons. The van der Waals surface area contributed by atoms with E-state index in [0.717, 1.165) is 37.6 Å². The maximum Gasteiger partial charge on any atom is 0.130 e. The maximum atomic E-state index is 4.63. The Bertz CT molecular complexity index is 538. The summed E-state index contributed by atoms with van der Waals surface area (Å²) in [6.45, 7) is 2.08. The van der Waals surface area contributed by atoms with Crippen LogP contribution in [0.4, 0.5) is 11.6 Å². The average Bonchev–Trinajstić information content (AvgIpc) is 2.70. The van der Waals surface area contributed by atoms with Crippen molar-refractivity contribution in [2.75, 3.05) is 30.4 Å². The van der Waals surface area contributed by atoms with Crippen LogP contribution in [0.5, 0.6) is 0 Å². The van der Waals surface area contributed by atoms with Gasteiger partial charge in [0, 0.05) is 20.1 Å². The van der Waals surface area contributed by atoms with Gasteiger partial charge in [-0.05, 0) is 36.1 Å². The minimum atomic E-state index is 0.930. The van der Waals surface area contributed by atoms with Crippen LogP contribution >= 0.6 is 0 Å². The Hall–Kier alpha value is -2.03. The van der Waals surface area contributed by atoms with E-state index in [1.54, 1.807) is 0 Å². The number of aromatic nitrogens is 1. The molecule has 0 radical (unpaired) electrons. The first-order valence-corrected chi connectivity index (χ1v) is 6.83. The van der Waals surface area contributed by atoms with Gasteiger partial charge in [-0.25, -0.2) is 4.98 Å². The van der Waals surface area contributed by atoms with Gasteiger partial charge in [-0.1, -0.05) is 30.3 Å². The molecule has 2 heterocycles. The highest BCUT2D eigenvalue weighted by Crippen LogP contribution is 2.20. The number of rotatable bonds is 2. The topological polar surface area (TPSA) is 28.2 Å². The van der Waals surface area contributed by atoms with Crippen molar-refractivity contribution in [3.8, 4) is 0 Å². The first-order valence-electron chi connectivity index (χ1n) is 6.83. The van der Waals surface area contributed by atoms with Gasteiger partial charge in [0.05, 0.1) is 0 Å². The highest BCUT2D eigenvalue weighted by Gasteiger charge is 2.14. The first-order chi connectivity index (χ1) is 9.36. The van der Waals surface area contributed by atoms with Crippen LogP contribution in [0.2, 0.25) is 0 Å². The van der Waals surface area contributed by atoms with Crippen LogP contribution in [0, 0.1) is 0 Å². The summed E-state index contributed by atoms with van der Waals surface area (Å²) in [7, 11) is 1.91. The van der Waals surface area contributed by atoms with Crippen LogP contribution in [-0.4, -0.2) is 25.1 Å². The van der Waals surface area contributed by atoms with Gasteiger partial charge in [0.15, 0.2) is 0 Å². The van der Waals surface area contributed by atoms with E-state index in [4.69, 9.17) is 0 Å². The number of hydrogen-bond acceptors (Lipinski definition) is 3. The molecule has 0 spiro atoms. The molecule has 3 rings (SSSR count). The number of fused-ring (bicyclic) bond motifs is 1. The van der Waals surface area contributed by atoms with Crippen molar-refractivity contribution in [1.82, 2.24) is 4.98 Å². The standard InChI is InChI=1S/C16H19N3/c1-17-15-7-4-8-16(18-15)19-11-9-13-5-2-3-6-14(13)10-12-19/h2-8H,9-12H2,1H3,(H,17,18). The summed E-state index contributed by atoms with van der Waals surface area (Å²) >= 11 is 0. The molecule has 2 aromatic rings. The van der Waals surface area contributed by atoms with E-state index in [2.05, 4.69) is 51.6 Å². The highest BCUT2D eigenvalue weighted by atomic mass is 15.2. The predicted molar refractivity (Wildman–Crippen MR) is 79.8 cm³/mol. The lowest BCUT2D eigenvalue weighted by atomic mass is 10.0. The van der Waals surface area contributed by atoms with Gasteiger partial charge in [-0.2, -0.15) is 0 Å². The molecular formula is C16H19N3. The van der Waals surface area contributed by atoms with E-state index in [9.17, 15) is 0 Å². The van der Waals surface area contributed by atoms with Crippen LogP contribution in [0.25, 0.3) is 0 Å². The molecular weight excluding hydrogens is 234 g/mol. The van der Waals surface area contributed by atoms with Gasteiger partial charge >= 0.3 is 0 Å². The summed E-state index contributed by atoms with van der Waals surface area (Å²) in [5.74, 6) is 2.00. The van der Waals surface area contributed by atoms with Crippen molar-refractivity contribution >= 4 is 11.6 Å². The maximum absolute atomic E-state index is 4.63. The second-order valence-electron chi connectivity index (χ2n) is 4.89. The lowest BCUT2D eigenvalue weighted by molar-refractivity contribution is 0.791. The summed E-state index contributed by atoms with van der Waals surface area (Å²) in [5.41, 5.74) is 2.96. The summed E-state index contributed by atoms with van der Waals surface area (Å²) in [5, 5.41) is 3.10. The van der Waals surface area contributed by atoms with Crippen LogP contribution in [0.3, 0.4) is 0 Å². The molecule has 0 saturated heterocycles. The molecule has 1 aromatic heterocycles. The van der Waals surface area contributed by atoms with Crippen molar-refractivity contribution < 1.29 is 0 Å². The minimum absolute atomic E-state index is 0.930. The molecule has 3 nitrogen and oxygen atoms in total. The van der Waals surface area contributed by atoms with Crippen LogP contribution < -0.4 is 10.2 Å². The van der Waals surface area contributed by atoms with E-state index in [0.29, 0.717) is 0 Å². The summed E-state index contributed by atoms with van der Waals surface area (Å²) < 4.78 is 0. The molecule has 1 aliphatic rings. The largest absolute Gasteiger partial charge is 0.373 e. The van der Waals surface area contributed by atoms with Crippen molar-refractivity contribution in [3.05, 3.63) is 53.6 Å². The lowest BCUT2D eigenvalue weighted by Crippen LogP contribution is -2.26. The molecule has 1 N–H and O–H groups in total. The Labute approximate surface area is 114 Å². The van der Waals surface area contributed by atoms with Gasteiger partial charge < -0.3 is 10.2 Å². The van der Waals surface area contributed by atoms with Gasteiger partial charge in [-0.15, -0.1) is 0 Å². The van der Waals surface area contributed by atoms with E-state index in [1.807, 2.05) is 13.1 Å². The molecule has 1 aromatic carbocycles. The van der Waals surface area contributed by atoms with Crippen molar-refractivity contribution in [2.24, 2.45) is 0 Å². The minimum Gasteiger partial charge on any atom is -0.373 e. The zero-order chi connectivity index (χ0) is 13.1. The van der Waals surface area contributed by atoms with Crippen molar-refractivity contribution in [2.45, 2.75) is 12.8 Å². The molecule has 0 unspecified atom stereocenters. The van der Waals surface area contributed by atoms with E-state index in [-0.39, 0.29) is 0 Å². The zero-order valence-corrected chi connectivity index (χ0v) is 11.3. The monoisotopic (exact) mass is 253 g/mol. The molecule has 0 atom stereocenters. The third-order valence-corrected chi connectivity index (χ3v) is 3.74. The second-order valence-corrected chi connectivity index (χ2v) is 4.89. The third kappa shape index (κ3) is 2.55. The molecule has 3 heteroatoms. The van der Waals surface area contributed by atoms with Crippen LogP contribution in [-0.2, 0) is 12.8 Å². The number of pyridine rings is 1. The first kappa shape index (κ1) is 12.0. The number of anilines is 2. The molecule has 0 bridgehead atoms. The lowest BCUT2D eigenvalue weighted by Gasteiger charge is -2.21. The summed E-state index contributed by atoms with van der Waals surface area (Å²) in [6, 6.07) is 14.9. The van der Waals surface area contributed by atoms with Gasteiger partial charge in [0.25, 0.3) is 0 Å². The summed E-state index contributed by atoms with van der Waals surface area (Å²) in [6.07, 6.45) is 2.20. The van der Waals surface area contributed by atoms with E-state index < -0.39 is 0 Å². The third-order valence-electron chi connectivity index (χ3n) is 3.74. The van der Waals surface area contributed by atoms with Crippen LogP contribution in [0.1, 0.15) is 11.1 Å². The van der Waals surface area contributed by atoms with Gasteiger partial charge in [-0.3, -0.25) is 0 Å². The molecule has 0 saturated carbocycles. The number of benzene rings is 1.